The number of amides is 1. The van der Waals surface area contributed by atoms with Crippen LogP contribution in [0.2, 0.25) is 0 Å². The normalized spacial score (nSPS) is 19.0. The average molecular weight is 341 g/mol. The fourth-order valence-corrected chi connectivity index (χ4v) is 2.97. The van der Waals surface area contributed by atoms with E-state index in [-0.39, 0.29) is 0 Å². The topological polar surface area (TPSA) is 49.8 Å². The zero-order valence-electron chi connectivity index (χ0n) is 14.6. The van der Waals surface area contributed by atoms with Gasteiger partial charge in [-0.3, -0.25) is 0 Å². The fourth-order valence-electron chi connectivity index (χ4n) is 2.97. The van der Waals surface area contributed by atoms with E-state index in [1.165, 1.54) is 12.1 Å². The maximum atomic E-state index is 13.4. The lowest BCUT2D eigenvalue weighted by molar-refractivity contribution is -0.0453. The molecule has 0 aliphatic carbocycles. The second kappa shape index (κ2) is 6.67. The molecule has 1 amide bonds. The summed E-state index contributed by atoms with van der Waals surface area (Å²) in [4.78, 5) is 13.6. The van der Waals surface area contributed by atoms with Gasteiger partial charge in [0.15, 0.2) is 0 Å². The summed E-state index contributed by atoms with van der Waals surface area (Å²) < 4.78 is 32.2. The summed E-state index contributed by atoms with van der Waals surface area (Å²) in [6.45, 7) is 7.82. The first-order valence-corrected chi connectivity index (χ1v) is 8.16. The molecule has 6 heteroatoms. The highest BCUT2D eigenvalue weighted by atomic mass is 19.1. The number of aliphatic hydroxyl groups is 1. The van der Waals surface area contributed by atoms with Gasteiger partial charge in [0.05, 0.1) is 5.60 Å². The summed E-state index contributed by atoms with van der Waals surface area (Å²) in [6.07, 6.45) is 0.242. The van der Waals surface area contributed by atoms with Crippen molar-refractivity contribution in [2.24, 2.45) is 0 Å². The van der Waals surface area contributed by atoms with E-state index in [4.69, 9.17) is 4.74 Å². The molecule has 1 aliphatic heterocycles. The van der Waals surface area contributed by atoms with Crippen molar-refractivity contribution in [1.82, 2.24) is 4.90 Å². The molecular weight excluding hydrogens is 316 g/mol. The molecule has 1 fully saturated rings. The fraction of sp³-hybridized carbons (Fsp3) is 0.611. The second-order valence-corrected chi connectivity index (χ2v) is 7.50. The van der Waals surface area contributed by atoms with Crippen LogP contribution in [-0.4, -0.2) is 40.4 Å². The van der Waals surface area contributed by atoms with Crippen molar-refractivity contribution in [2.75, 3.05) is 13.1 Å². The van der Waals surface area contributed by atoms with Crippen LogP contribution in [0.5, 0.6) is 0 Å². The number of carbonyl (C=O) groups excluding carboxylic acids is 1. The molecule has 2 rings (SSSR count). The highest BCUT2D eigenvalue weighted by molar-refractivity contribution is 5.68. The number of hydrogen-bond donors (Lipinski definition) is 1. The van der Waals surface area contributed by atoms with Crippen LogP contribution in [0.3, 0.4) is 0 Å². The molecule has 0 aromatic heterocycles. The Hall–Kier alpha value is -1.69. The zero-order chi connectivity index (χ0) is 18.1. The third-order valence-electron chi connectivity index (χ3n) is 4.47. The first-order valence-electron chi connectivity index (χ1n) is 8.16. The predicted molar refractivity (Wildman–Crippen MR) is 86.8 cm³/mol. The Balaban J connectivity index is 2.04. The monoisotopic (exact) mass is 341 g/mol. The Morgan fingerprint density at radius 3 is 2.17 bits per heavy atom. The van der Waals surface area contributed by atoms with Gasteiger partial charge < -0.3 is 14.7 Å². The van der Waals surface area contributed by atoms with Gasteiger partial charge in [-0.15, -0.1) is 0 Å². The Labute approximate surface area is 141 Å². The number of ether oxygens (including phenoxy) is 1. The van der Waals surface area contributed by atoms with Crippen LogP contribution in [0, 0.1) is 11.6 Å². The van der Waals surface area contributed by atoms with Crippen molar-refractivity contribution in [3.8, 4) is 0 Å². The molecule has 1 heterocycles. The highest BCUT2D eigenvalue weighted by Crippen LogP contribution is 2.37. The summed E-state index contributed by atoms with van der Waals surface area (Å²) in [6, 6.07) is 3.29. The number of piperidine rings is 1. The number of carbonyl (C=O) groups is 1. The number of benzene rings is 1. The first-order chi connectivity index (χ1) is 11.0. The molecule has 134 valence electrons. The molecule has 0 spiro atoms. The van der Waals surface area contributed by atoms with E-state index in [0.717, 1.165) is 6.07 Å². The van der Waals surface area contributed by atoms with Gasteiger partial charge in [-0.1, -0.05) is 6.92 Å². The van der Waals surface area contributed by atoms with E-state index in [1.807, 2.05) is 0 Å². The lowest BCUT2D eigenvalue weighted by atomic mass is 9.77. The molecule has 1 aromatic rings. The van der Waals surface area contributed by atoms with E-state index in [1.54, 1.807) is 32.6 Å². The SMILES string of the molecule is CC(c1cc(F)cc(F)c1)C1(O)CCN(C(=O)OC(C)(C)C)CC1. The molecule has 1 unspecified atom stereocenters. The zero-order valence-corrected chi connectivity index (χ0v) is 14.6. The van der Waals surface area contributed by atoms with Gasteiger partial charge in [0.1, 0.15) is 17.2 Å². The first kappa shape index (κ1) is 18.6. The van der Waals surface area contributed by atoms with E-state index in [2.05, 4.69) is 0 Å². The van der Waals surface area contributed by atoms with Crippen LogP contribution in [0.4, 0.5) is 13.6 Å². The van der Waals surface area contributed by atoms with Crippen LogP contribution in [0.1, 0.15) is 52.0 Å². The maximum Gasteiger partial charge on any atom is 0.410 e. The van der Waals surface area contributed by atoms with Crippen LogP contribution in [0.25, 0.3) is 0 Å². The smallest absolute Gasteiger partial charge is 0.410 e. The standard InChI is InChI=1S/C18H25F2NO3/c1-12(13-9-14(19)11-15(20)10-13)18(23)5-7-21(8-6-18)16(22)24-17(2,3)4/h9-12,23H,5-8H2,1-4H3. The van der Waals surface area contributed by atoms with Crippen LogP contribution in [0.15, 0.2) is 18.2 Å². The van der Waals surface area contributed by atoms with Gasteiger partial charge in [-0.25, -0.2) is 13.6 Å². The second-order valence-electron chi connectivity index (χ2n) is 7.50. The maximum absolute atomic E-state index is 13.4. The predicted octanol–water partition coefficient (Wildman–Crippen LogP) is 3.83. The van der Waals surface area contributed by atoms with Crippen molar-refractivity contribution in [2.45, 2.75) is 57.7 Å². The Morgan fingerprint density at radius 1 is 1.21 bits per heavy atom. The summed E-state index contributed by atoms with van der Waals surface area (Å²) in [7, 11) is 0. The summed E-state index contributed by atoms with van der Waals surface area (Å²) in [5, 5.41) is 10.9. The summed E-state index contributed by atoms with van der Waals surface area (Å²) >= 11 is 0. The third-order valence-corrected chi connectivity index (χ3v) is 4.47. The third kappa shape index (κ3) is 4.44. The summed E-state index contributed by atoms with van der Waals surface area (Å²) in [5.41, 5.74) is -1.27. The van der Waals surface area contributed by atoms with E-state index < -0.39 is 34.8 Å². The molecule has 1 aliphatic rings. The molecule has 4 nitrogen and oxygen atoms in total. The Kier molecular flexibility index (Phi) is 5.18. The molecule has 1 saturated heterocycles. The van der Waals surface area contributed by atoms with Crippen LogP contribution < -0.4 is 0 Å². The minimum Gasteiger partial charge on any atom is -0.444 e. The number of nitrogens with zero attached hydrogens (tertiary/aromatic N) is 1. The average Bonchev–Trinajstić information content (AvgIpc) is 2.44. The quantitative estimate of drug-likeness (QED) is 0.889. The molecule has 24 heavy (non-hydrogen) atoms. The molecule has 0 saturated carbocycles. The van der Waals surface area contributed by atoms with Gasteiger partial charge in [0.25, 0.3) is 0 Å². The minimum absolute atomic E-state index is 0.325. The van der Waals surface area contributed by atoms with Crippen LogP contribution >= 0.6 is 0 Å². The molecule has 0 bridgehead atoms. The summed E-state index contributed by atoms with van der Waals surface area (Å²) in [5.74, 6) is -1.76. The lowest BCUT2D eigenvalue weighted by Gasteiger charge is -2.42. The molecule has 1 N–H and O–H groups in total. The van der Waals surface area contributed by atoms with Gasteiger partial charge in [0.2, 0.25) is 0 Å². The number of hydrogen-bond acceptors (Lipinski definition) is 3. The van der Waals surface area contributed by atoms with E-state index in [9.17, 15) is 18.7 Å². The van der Waals surface area contributed by atoms with Crippen molar-refractivity contribution in [3.05, 3.63) is 35.4 Å². The largest absolute Gasteiger partial charge is 0.444 e. The van der Waals surface area contributed by atoms with Gasteiger partial charge in [0, 0.05) is 25.1 Å². The highest BCUT2D eigenvalue weighted by Gasteiger charge is 2.40. The van der Waals surface area contributed by atoms with E-state index >= 15 is 0 Å². The molecule has 0 radical (unpaired) electrons. The van der Waals surface area contributed by atoms with Gasteiger partial charge >= 0.3 is 6.09 Å². The number of rotatable bonds is 2. The van der Waals surface area contributed by atoms with Crippen molar-refractivity contribution >= 4 is 6.09 Å². The van der Waals surface area contributed by atoms with E-state index in [0.29, 0.717) is 31.5 Å². The molecule has 1 aromatic carbocycles. The van der Waals surface area contributed by atoms with Gasteiger partial charge in [-0.05, 0) is 51.3 Å². The minimum atomic E-state index is -1.11. The Bertz CT molecular complexity index is 585. The molecule has 1 atom stereocenters. The van der Waals surface area contributed by atoms with Gasteiger partial charge in [-0.2, -0.15) is 0 Å². The lowest BCUT2D eigenvalue weighted by Crippen LogP contribution is -2.50. The van der Waals surface area contributed by atoms with Crippen molar-refractivity contribution in [3.63, 3.8) is 0 Å². The number of halogens is 2. The number of likely N-dealkylation sites (tertiary alicyclic amines) is 1. The van der Waals surface area contributed by atoms with Crippen molar-refractivity contribution in [1.29, 1.82) is 0 Å². The van der Waals surface area contributed by atoms with Crippen LogP contribution in [-0.2, 0) is 4.74 Å². The van der Waals surface area contributed by atoms with Crippen molar-refractivity contribution < 1.29 is 23.4 Å². The molecular formula is C18H25F2NO3. The Morgan fingerprint density at radius 2 is 1.71 bits per heavy atom.